The van der Waals surface area contributed by atoms with Crippen LogP contribution in [0.15, 0.2) is 16.9 Å². The molecule has 1 aliphatic rings. The van der Waals surface area contributed by atoms with Gasteiger partial charge in [0.05, 0.1) is 5.60 Å². The third kappa shape index (κ3) is 7.95. The van der Waals surface area contributed by atoms with E-state index in [-0.39, 0.29) is 31.1 Å². The van der Waals surface area contributed by atoms with Crippen molar-refractivity contribution in [1.82, 2.24) is 4.90 Å². The molecular weight excluding hydrogens is 354 g/mol. The lowest BCUT2D eigenvalue weighted by Crippen LogP contribution is -2.40. The highest BCUT2D eigenvalue weighted by Crippen LogP contribution is 2.43. The number of rotatable bonds is 9. The summed E-state index contributed by atoms with van der Waals surface area (Å²) in [6.45, 7) is 7.11. The number of aliphatic imine (C=N–C) groups is 1. The molecule has 1 amide bonds. The van der Waals surface area contributed by atoms with Crippen molar-refractivity contribution in [3.05, 3.63) is 11.9 Å². The number of allylic oxidation sites excluding steroid dienone is 1. The number of halogens is 2. The fourth-order valence-corrected chi connectivity index (χ4v) is 3.43. The van der Waals surface area contributed by atoms with Crippen molar-refractivity contribution in [3.63, 3.8) is 0 Å². The molecule has 7 heteroatoms. The molecule has 27 heavy (non-hydrogen) atoms. The second-order valence-corrected chi connectivity index (χ2v) is 8.11. The van der Waals surface area contributed by atoms with Crippen molar-refractivity contribution >= 4 is 12.3 Å². The topological polar surface area (TPSA) is 73.1 Å². The summed E-state index contributed by atoms with van der Waals surface area (Å²) in [5.41, 5.74) is -0.933. The van der Waals surface area contributed by atoms with Gasteiger partial charge in [-0.3, -0.25) is 4.90 Å². The van der Waals surface area contributed by atoms with Gasteiger partial charge in [-0.25, -0.2) is 18.6 Å². The fourth-order valence-electron chi connectivity index (χ4n) is 3.43. The number of nitrogens with zero attached hydrogens (tertiary/aromatic N) is 2. The van der Waals surface area contributed by atoms with Crippen LogP contribution in [-0.4, -0.2) is 45.5 Å². The molecule has 1 fully saturated rings. The van der Waals surface area contributed by atoms with Gasteiger partial charge in [-0.05, 0) is 52.0 Å². The van der Waals surface area contributed by atoms with Crippen LogP contribution in [0.2, 0.25) is 0 Å². The quantitative estimate of drug-likeness (QED) is 0.526. The standard InChI is InChI=1S/C20H34F2N2O3/c1-5-7-8-16-13-15(9-10-20(16,21)22)14-24(18(25)26)17(6-2)23-12-11-19(3,4)27/h6,12,15-16,27H,5,7-11,13-14H2,1-4H3,(H,25,26)/b17-6+,23-12-/t15-,16-/m1/s1. The highest BCUT2D eigenvalue weighted by atomic mass is 19.3. The lowest BCUT2D eigenvalue weighted by atomic mass is 9.76. The number of unbranched alkanes of at least 4 members (excludes halogenated alkanes) is 1. The number of aliphatic hydroxyl groups is 1. The number of amides is 1. The molecule has 2 atom stereocenters. The predicted octanol–water partition coefficient (Wildman–Crippen LogP) is 5.30. The van der Waals surface area contributed by atoms with E-state index in [1.807, 2.05) is 6.92 Å². The van der Waals surface area contributed by atoms with Gasteiger partial charge in [-0.2, -0.15) is 0 Å². The van der Waals surface area contributed by atoms with Gasteiger partial charge in [-0.1, -0.05) is 19.8 Å². The zero-order valence-corrected chi connectivity index (χ0v) is 16.9. The molecule has 1 rings (SSSR count). The summed E-state index contributed by atoms with van der Waals surface area (Å²) >= 11 is 0. The van der Waals surface area contributed by atoms with E-state index >= 15 is 0 Å². The minimum atomic E-state index is -2.66. The first-order valence-corrected chi connectivity index (χ1v) is 9.79. The normalized spacial score (nSPS) is 23.6. The Kier molecular flexibility index (Phi) is 8.85. The van der Waals surface area contributed by atoms with Crippen LogP contribution in [0.5, 0.6) is 0 Å². The van der Waals surface area contributed by atoms with Gasteiger partial charge in [0.1, 0.15) is 5.82 Å². The Morgan fingerprint density at radius 3 is 2.59 bits per heavy atom. The van der Waals surface area contributed by atoms with Crippen LogP contribution in [0.1, 0.15) is 72.6 Å². The summed E-state index contributed by atoms with van der Waals surface area (Å²) in [6, 6.07) is 0. The van der Waals surface area contributed by atoms with E-state index in [1.165, 1.54) is 6.21 Å². The van der Waals surface area contributed by atoms with E-state index in [2.05, 4.69) is 4.99 Å². The summed E-state index contributed by atoms with van der Waals surface area (Å²) in [6.07, 6.45) is 4.78. The number of hydrogen-bond acceptors (Lipinski definition) is 3. The number of hydrogen-bond donors (Lipinski definition) is 2. The number of carbonyl (C=O) groups is 1. The van der Waals surface area contributed by atoms with E-state index in [0.717, 1.165) is 17.7 Å². The Balaban J connectivity index is 2.82. The highest BCUT2D eigenvalue weighted by Gasteiger charge is 2.44. The Bertz CT molecular complexity index is 542. The average Bonchev–Trinajstić information content (AvgIpc) is 2.55. The molecule has 0 aromatic carbocycles. The van der Waals surface area contributed by atoms with Crippen molar-refractivity contribution in [2.24, 2.45) is 16.8 Å². The molecule has 5 nitrogen and oxygen atoms in total. The van der Waals surface area contributed by atoms with E-state index in [9.17, 15) is 23.8 Å². The Morgan fingerprint density at radius 2 is 2.07 bits per heavy atom. The van der Waals surface area contributed by atoms with E-state index < -0.39 is 23.5 Å². The average molecular weight is 388 g/mol. The lowest BCUT2D eigenvalue weighted by molar-refractivity contribution is -0.102. The highest BCUT2D eigenvalue weighted by molar-refractivity contribution is 5.69. The van der Waals surface area contributed by atoms with Crippen LogP contribution in [0.25, 0.3) is 0 Å². The predicted molar refractivity (Wildman–Crippen MR) is 103 cm³/mol. The third-order valence-electron chi connectivity index (χ3n) is 5.03. The van der Waals surface area contributed by atoms with Gasteiger partial charge >= 0.3 is 6.09 Å². The maximum atomic E-state index is 14.2. The van der Waals surface area contributed by atoms with Crippen molar-refractivity contribution in [2.45, 2.75) is 84.2 Å². The monoisotopic (exact) mass is 388 g/mol. The van der Waals surface area contributed by atoms with E-state index in [4.69, 9.17) is 0 Å². The zero-order chi connectivity index (χ0) is 20.7. The fraction of sp³-hybridized carbons (Fsp3) is 0.800. The first-order chi connectivity index (χ1) is 12.5. The van der Waals surface area contributed by atoms with Crippen molar-refractivity contribution in [2.75, 3.05) is 6.54 Å². The molecule has 0 aliphatic heterocycles. The molecule has 1 aliphatic carbocycles. The Morgan fingerprint density at radius 1 is 1.41 bits per heavy atom. The molecule has 0 spiro atoms. The van der Waals surface area contributed by atoms with Crippen LogP contribution in [0.4, 0.5) is 13.6 Å². The van der Waals surface area contributed by atoms with Crippen LogP contribution in [0.3, 0.4) is 0 Å². The minimum absolute atomic E-state index is 0.109. The van der Waals surface area contributed by atoms with Crippen LogP contribution >= 0.6 is 0 Å². The summed E-state index contributed by atoms with van der Waals surface area (Å²) in [7, 11) is 0. The van der Waals surface area contributed by atoms with Gasteiger partial charge in [0.25, 0.3) is 5.92 Å². The molecule has 0 aromatic heterocycles. The van der Waals surface area contributed by atoms with Gasteiger partial charge < -0.3 is 10.2 Å². The molecule has 1 saturated carbocycles. The lowest BCUT2D eigenvalue weighted by Gasteiger charge is -2.37. The molecule has 156 valence electrons. The van der Waals surface area contributed by atoms with Gasteiger partial charge in [0.2, 0.25) is 0 Å². The van der Waals surface area contributed by atoms with E-state index in [0.29, 0.717) is 19.3 Å². The molecule has 0 unspecified atom stereocenters. The van der Waals surface area contributed by atoms with Crippen LogP contribution in [-0.2, 0) is 0 Å². The summed E-state index contributed by atoms with van der Waals surface area (Å²) in [5, 5.41) is 19.3. The van der Waals surface area contributed by atoms with Crippen LogP contribution in [0, 0.1) is 11.8 Å². The van der Waals surface area contributed by atoms with Gasteiger partial charge in [0, 0.05) is 31.5 Å². The second-order valence-electron chi connectivity index (χ2n) is 8.11. The molecular formula is C20H34F2N2O3. The maximum Gasteiger partial charge on any atom is 0.413 e. The molecule has 0 heterocycles. The summed E-state index contributed by atoms with van der Waals surface area (Å²) < 4.78 is 28.4. The smallest absolute Gasteiger partial charge is 0.413 e. The SMILES string of the molecule is C/C=C(\N=C/CC(C)(C)O)N(C[C@@H]1CCC(F)(F)[C@H](CCCC)C1)C(=O)O. The van der Waals surface area contributed by atoms with Crippen molar-refractivity contribution < 1.29 is 23.8 Å². The first-order valence-electron chi connectivity index (χ1n) is 9.79. The molecule has 2 N–H and O–H groups in total. The van der Waals surface area contributed by atoms with Gasteiger partial charge in [-0.15, -0.1) is 0 Å². The molecule has 0 bridgehead atoms. The number of carboxylic acid groups (broad SMARTS) is 1. The van der Waals surface area contributed by atoms with Crippen LogP contribution < -0.4 is 0 Å². The van der Waals surface area contributed by atoms with Crippen molar-refractivity contribution in [3.8, 4) is 0 Å². The summed E-state index contributed by atoms with van der Waals surface area (Å²) in [4.78, 5) is 17.0. The Labute approximate surface area is 161 Å². The largest absolute Gasteiger partial charge is 0.465 e. The molecule has 0 aromatic rings. The summed E-state index contributed by atoms with van der Waals surface area (Å²) in [5.74, 6) is -3.19. The molecule has 0 radical (unpaired) electrons. The second kappa shape index (κ2) is 10.2. The number of alkyl halides is 2. The van der Waals surface area contributed by atoms with E-state index in [1.54, 1.807) is 26.8 Å². The molecule has 0 saturated heterocycles. The Hall–Kier alpha value is -1.50. The van der Waals surface area contributed by atoms with Gasteiger partial charge in [0.15, 0.2) is 0 Å². The minimum Gasteiger partial charge on any atom is -0.465 e. The van der Waals surface area contributed by atoms with Crippen molar-refractivity contribution in [1.29, 1.82) is 0 Å². The first kappa shape index (κ1) is 23.5. The zero-order valence-electron chi connectivity index (χ0n) is 16.9. The maximum absolute atomic E-state index is 14.2. The third-order valence-corrected chi connectivity index (χ3v) is 5.03.